The lowest BCUT2D eigenvalue weighted by molar-refractivity contribution is -0.132. The Kier molecular flexibility index (Phi) is 7.38. The Morgan fingerprint density at radius 2 is 1.40 bits per heavy atom. The van der Waals surface area contributed by atoms with E-state index in [0.29, 0.717) is 32.5 Å². The third-order valence-corrected chi connectivity index (χ3v) is 7.91. The van der Waals surface area contributed by atoms with Gasteiger partial charge in [0.25, 0.3) is 0 Å². The largest absolute Gasteiger partial charge is 0.353 e. The van der Waals surface area contributed by atoms with E-state index in [4.69, 9.17) is 0 Å². The lowest BCUT2D eigenvalue weighted by Crippen LogP contribution is -2.47. The molecule has 0 bridgehead atoms. The zero-order valence-electron chi connectivity index (χ0n) is 19.9. The van der Waals surface area contributed by atoms with E-state index in [9.17, 15) is 9.59 Å². The van der Waals surface area contributed by atoms with Gasteiger partial charge in [0, 0.05) is 48.3 Å². The monoisotopic (exact) mass is 485 g/mol. The van der Waals surface area contributed by atoms with Crippen molar-refractivity contribution in [2.75, 3.05) is 24.5 Å². The number of hydrogen-bond acceptors (Lipinski definition) is 4. The van der Waals surface area contributed by atoms with Crippen molar-refractivity contribution in [3.8, 4) is 0 Å². The van der Waals surface area contributed by atoms with Gasteiger partial charge < -0.3 is 15.1 Å². The van der Waals surface area contributed by atoms with Crippen LogP contribution in [0, 0.1) is 0 Å². The van der Waals surface area contributed by atoms with Crippen LogP contribution in [0.15, 0.2) is 88.7 Å². The number of para-hydroxylation sites is 2. The number of aryl methyl sites for hydroxylation is 1. The third-order valence-electron chi connectivity index (χ3n) is 6.78. The second kappa shape index (κ2) is 11.0. The second-order valence-corrected chi connectivity index (χ2v) is 10.2. The van der Waals surface area contributed by atoms with Gasteiger partial charge in [0.15, 0.2) is 0 Å². The molecular weight excluding hydrogens is 454 g/mol. The number of nitrogens with one attached hydrogen (secondary N) is 1. The van der Waals surface area contributed by atoms with Crippen LogP contribution < -0.4 is 10.2 Å². The molecule has 35 heavy (non-hydrogen) atoms. The van der Waals surface area contributed by atoms with Crippen LogP contribution in [0.4, 0.5) is 11.4 Å². The Bertz CT molecular complexity index is 1130. The van der Waals surface area contributed by atoms with Crippen molar-refractivity contribution in [2.24, 2.45) is 0 Å². The van der Waals surface area contributed by atoms with Crippen molar-refractivity contribution in [3.63, 3.8) is 0 Å². The van der Waals surface area contributed by atoms with Gasteiger partial charge >= 0.3 is 0 Å². The van der Waals surface area contributed by atoms with E-state index >= 15 is 0 Å². The maximum atomic E-state index is 13.1. The molecule has 6 heteroatoms. The molecule has 0 radical (unpaired) electrons. The first-order valence-electron chi connectivity index (χ1n) is 12.4. The van der Waals surface area contributed by atoms with Gasteiger partial charge in [0.05, 0.1) is 11.4 Å². The van der Waals surface area contributed by atoms with Gasteiger partial charge in [-0.25, -0.2) is 0 Å². The first-order valence-corrected chi connectivity index (χ1v) is 13.2. The molecule has 3 aromatic rings. The average molecular weight is 486 g/mol. The van der Waals surface area contributed by atoms with Crippen molar-refractivity contribution < 1.29 is 9.59 Å². The van der Waals surface area contributed by atoms with Crippen molar-refractivity contribution in [1.82, 2.24) is 10.2 Å². The number of amides is 2. The summed E-state index contributed by atoms with van der Waals surface area (Å²) in [7, 11) is 0. The number of carbonyl (C=O) groups excluding carboxylic acids is 2. The molecule has 2 aliphatic rings. The summed E-state index contributed by atoms with van der Waals surface area (Å²) < 4.78 is 0. The van der Waals surface area contributed by atoms with Crippen LogP contribution in [0.2, 0.25) is 0 Å². The number of anilines is 2. The summed E-state index contributed by atoms with van der Waals surface area (Å²) in [4.78, 5) is 32.1. The molecule has 0 aliphatic carbocycles. The number of hydrogen-bond donors (Lipinski definition) is 1. The van der Waals surface area contributed by atoms with Gasteiger partial charge in [0.1, 0.15) is 0 Å². The normalized spacial score (nSPS) is 15.3. The molecule has 0 atom stereocenters. The predicted molar refractivity (Wildman–Crippen MR) is 141 cm³/mol. The van der Waals surface area contributed by atoms with Gasteiger partial charge in [-0.05, 0) is 49.1 Å². The van der Waals surface area contributed by atoms with Crippen LogP contribution in [0.1, 0.15) is 31.2 Å². The van der Waals surface area contributed by atoms with Crippen molar-refractivity contribution >= 4 is 35.0 Å². The topological polar surface area (TPSA) is 52.7 Å². The highest BCUT2D eigenvalue weighted by molar-refractivity contribution is 7.99. The molecule has 2 heterocycles. The predicted octanol–water partition coefficient (Wildman–Crippen LogP) is 5.42. The fourth-order valence-electron chi connectivity index (χ4n) is 4.86. The lowest BCUT2D eigenvalue weighted by Gasteiger charge is -2.35. The first kappa shape index (κ1) is 23.5. The van der Waals surface area contributed by atoms with Crippen LogP contribution in [0.3, 0.4) is 0 Å². The standard InChI is InChI=1S/C29H31N3O2S/c33-28(15-14-22-8-2-1-3-9-22)30-23-16-19-31(20-17-23)29(34)18-21-32-24-10-4-6-12-26(24)35-27-13-7-5-11-25(27)32/h1-13,23H,14-21H2,(H,30,33). The number of fused-ring (bicyclic) bond motifs is 2. The highest BCUT2D eigenvalue weighted by Gasteiger charge is 2.26. The van der Waals surface area contributed by atoms with Gasteiger partial charge in [-0.1, -0.05) is 66.4 Å². The van der Waals surface area contributed by atoms with E-state index in [0.717, 1.165) is 19.3 Å². The summed E-state index contributed by atoms with van der Waals surface area (Å²) in [6.07, 6.45) is 3.36. The summed E-state index contributed by atoms with van der Waals surface area (Å²) in [6, 6.07) is 27.0. The third kappa shape index (κ3) is 5.70. The van der Waals surface area contributed by atoms with Crippen LogP contribution in [-0.4, -0.2) is 42.4 Å². The van der Waals surface area contributed by atoms with Crippen LogP contribution in [-0.2, 0) is 16.0 Å². The number of likely N-dealkylation sites (tertiary alicyclic amines) is 1. The summed E-state index contributed by atoms with van der Waals surface area (Å²) in [5.74, 6) is 0.283. The van der Waals surface area contributed by atoms with E-state index in [1.807, 2.05) is 23.1 Å². The number of rotatable bonds is 7. The molecule has 1 N–H and O–H groups in total. The molecule has 0 unspecified atom stereocenters. The fraction of sp³-hybridized carbons (Fsp3) is 0.310. The minimum absolute atomic E-state index is 0.0962. The Balaban J connectivity index is 1.11. The number of nitrogens with zero attached hydrogens (tertiary/aromatic N) is 2. The molecule has 5 rings (SSSR count). The van der Waals surface area contributed by atoms with Crippen molar-refractivity contribution in [2.45, 2.75) is 47.9 Å². The Hall–Kier alpha value is -3.25. The highest BCUT2D eigenvalue weighted by atomic mass is 32.2. The smallest absolute Gasteiger partial charge is 0.224 e. The fourth-order valence-corrected chi connectivity index (χ4v) is 5.96. The van der Waals surface area contributed by atoms with E-state index in [-0.39, 0.29) is 17.9 Å². The zero-order chi connectivity index (χ0) is 24.0. The molecule has 5 nitrogen and oxygen atoms in total. The minimum atomic E-state index is 0.0962. The van der Waals surface area contributed by atoms with Gasteiger partial charge in [-0.2, -0.15) is 0 Å². The quantitative estimate of drug-likeness (QED) is 0.486. The molecule has 1 fully saturated rings. The van der Waals surface area contributed by atoms with Gasteiger partial charge in [-0.3, -0.25) is 9.59 Å². The van der Waals surface area contributed by atoms with Crippen molar-refractivity contribution in [1.29, 1.82) is 0 Å². The molecule has 1 saturated heterocycles. The Morgan fingerprint density at radius 3 is 2.06 bits per heavy atom. The van der Waals surface area contributed by atoms with E-state index in [1.165, 1.54) is 26.7 Å². The maximum absolute atomic E-state index is 13.1. The number of piperidine rings is 1. The average Bonchev–Trinajstić information content (AvgIpc) is 2.90. The molecule has 0 spiro atoms. The van der Waals surface area contributed by atoms with E-state index < -0.39 is 0 Å². The lowest BCUT2D eigenvalue weighted by atomic mass is 10.0. The zero-order valence-corrected chi connectivity index (χ0v) is 20.7. The van der Waals surface area contributed by atoms with Crippen LogP contribution in [0.25, 0.3) is 0 Å². The number of benzene rings is 3. The maximum Gasteiger partial charge on any atom is 0.224 e. The van der Waals surface area contributed by atoms with E-state index in [1.54, 1.807) is 11.8 Å². The Labute approximate surface area is 211 Å². The summed E-state index contributed by atoms with van der Waals surface area (Å²) >= 11 is 1.78. The molecule has 3 aromatic carbocycles. The van der Waals surface area contributed by atoms with E-state index in [2.05, 4.69) is 70.9 Å². The molecule has 2 amide bonds. The minimum Gasteiger partial charge on any atom is -0.353 e. The molecule has 180 valence electrons. The summed E-state index contributed by atoms with van der Waals surface area (Å²) in [5, 5.41) is 3.17. The molecule has 0 saturated carbocycles. The molecule has 2 aliphatic heterocycles. The Morgan fingerprint density at radius 1 is 0.800 bits per heavy atom. The number of carbonyl (C=O) groups is 2. The second-order valence-electron chi connectivity index (χ2n) is 9.15. The SMILES string of the molecule is O=C(CCc1ccccc1)NC1CCN(C(=O)CCN2c3ccccc3Sc3ccccc32)CC1. The van der Waals surface area contributed by atoms with Crippen molar-refractivity contribution in [3.05, 3.63) is 84.4 Å². The van der Waals surface area contributed by atoms with Crippen LogP contribution >= 0.6 is 11.8 Å². The molecule has 0 aromatic heterocycles. The highest BCUT2D eigenvalue weighted by Crippen LogP contribution is 2.47. The summed E-state index contributed by atoms with van der Waals surface area (Å²) in [6.45, 7) is 2.06. The first-order chi connectivity index (χ1) is 17.2. The van der Waals surface area contributed by atoms with Gasteiger partial charge in [0.2, 0.25) is 11.8 Å². The summed E-state index contributed by atoms with van der Waals surface area (Å²) in [5.41, 5.74) is 3.52. The van der Waals surface area contributed by atoms with Crippen LogP contribution in [0.5, 0.6) is 0 Å². The van der Waals surface area contributed by atoms with Gasteiger partial charge in [-0.15, -0.1) is 0 Å². The molecular formula is C29H31N3O2S.